The third-order valence-corrected chi connectivity index (χ3v) is 11.3. The Morgan fingerprint density at radius 3 is 2.18 bits per heavy atom. The number of sulfonamides is 1. The maximum absolute atomic E-state index is 14.2. The first-order valence-electron chi connectivity index (χ1n) is 15.7. The number of fused-ring (bicyclic) bond motifs is 2. The molecule has 3 aromatic carbocycles. The summed E-state index contributed by atoms with van der Waals surface area (Å²) in [4.78, 5) is 2.52. The molecule has 0 aliphatic carbocycles. The van der Waals surface area contributed by atoms with Crippen molar-refractivity contribution in [2.75, 3.05) is 44.2 Å². The lowest BCUT2D eigenvalue weighted by molar-refractivity contribution is 0.128. The van der Waals surface area contributed by atoms with Gasteiger partial charge in [0.25, 0.3) is 0 Å². The zero-order chi connectivity index (χ0) is 30.7. The number of likely N-dealkylation sites (tertiary alicyclic amines) is 1. The largest absolute Gasteiger partial charge is 0.508 e. The average molecular weight is 619 g/mol. The Bertz CT molecular complexity index is 1550. The highest BCUT2D eigenvalue weighted by atomic mass is 32.2. The van der Waals surface area contributed by atoms with E-state index < -0.39 is 21.4 Å². The Balaban J connectivity index is 1.25. The lowest BCUT2D eigenvalue weighted by Gasteiger charge is -2.31. The Labute approximate surface area is 260 Å². The topological polar surface area (TPSA) is 88.5 Å². The molecule has 234 valence electrons. The summed E-state index contributed by atoms with van der Waals surface area (Å²) in [6, 6.07) is 22.1. The quantitative estimate of drug-likeness (QED) is 0.251. The maximum atomic E-state index is 14.2. The van der Waals surface area contributed by atoms with E-state index in [1.807, 2.05) is 43.3 Å². The number of phenols is 1. The van der Waals surface area contributed by atoms with E-state index in [4.69, 9.17) is 14.2 Å². The van der Waals surface area contributed by atoms with Gasteiger partial charge >= 0.3 is 0 Å². The zero-order valence-electron chi connectivity index (χ0n) is 25.5. The van der Waals surface area contributed by atoms with Gasteiger partial charge in [-0.05, 0) is 117 Å². The fraction of sp³-hybridized carbons (Fsp3) is 0.429. The highest BCUT2D eigenvalue weighted by Crippen LogP contribution is 2.51. The smallest absolute Gasteiger partial charge is 0.241 e. The molecule has 0 aromatic heterocycles. The van der Waals surface area contributed by atoms with Crippen molar-refractivity contribution in [1.29, 1.82) is 0 Å². The Hall–Kier alpha value is -3.53. The van der Waals surface area contributed by atoms with Crippen LogP contribution >= 0.6 is 0 Å². The molecule has 6 rings (SSSR count). The van der Waals surface area contributed by atoms with E-state index >= 15 is 0 Å². The van der Waals surface area contributed by atoms with E-state index in [1.54, 1.807) is 43.5 Å². The van der Waals surface area contributed by atoms with Gasteiger partial charge in [0, 0.05) is 13.1 Å². The number of aromatic hydroxyl groups is 1. The molecular weight excluding hydrogens is 576 g/mol. The van der Waals surface area contributed by atoms with Gasteiger partial charge in [-0.3, -0.25) is 4.31 Å². The molecule has 0 amide bonds. The minimum absolute atomic E-state index is 0.181. The van der Waals surface area contributed by atoms with Gasteiger partial charge in [0.15, 0.2) is 0 Å². The van der Waals surface area contributed by atoms with Crippen LogP contribution in [-0.4, -0.2) is 75.8 Å². The fourth-order valence-corrected chi connectivity index (χ4v) is 8.85. The molecule has 0 saturated carbocycles. The normalized spacial score (nSPS) is 21.9. The summed E-state index contributed by atoms with van der Waals surface area (Å²) in [5.74, 6) is 1.65. The monoisotopic (exact) mass is 618 g/mol. The number of nitrogens with zero attached hydrogens (tertiary/aromatic N) is 2. The molecule has 0 radical (unpaired) electrons. The molecule has 2 saturated heterocycles. The Morgan fingerprint density at radius 1 is 0.886 bits per heavy atom. The number of phenolic OH excluding ortho intramolecular Hbond substituents is 1. The molecule has 3 atom stereocenters. The lowest BCUT2D eigenvalue weighted by atomic mass is 9.83. The van der Waals surface area contributed by atoms with Crippen LogP contribution in [0.3, 0.4) is 0 Å². The van der Waals surface area contributed by atoms with Crippen LogP contribution in [0.1, 0.15) is 50.2 Å². The van der Waals surface area contributed by atoms with E-state index in [2.05, 4.69) is 4.90 Å². The van der Waals surface area contributed by atoms with Gasteiger partial charge in [0.05, 0.1) is 25.5 Å². The molecule has 3 aliphatic heterocycles. The van der Waals surface area contributed by atoms with Crippen molar-refractivity contribution in [3.05, 3.63) is 83.9 Å². The molecule has 1 N–H and O–H groups in total. The standard InChI is InChI=1S/C35H42N2O6S/c1-3-37(27-12-18-29(41-2)19-13-27)44(39,40)32-24-31-33(25-8-14-28(38)15-9-25)34(35(32)43-31)26-10-16-30(17-11-26)42-23-7-22-36-20-5-4-6-21-36/h8-19,31-32,35,38H,3-7,20-24H2,1-2H3/t31-,32+,35+/m0/s1. The van der Waals surface area contributed by atoms with E-state index in [0.29, 0.717) is 31.0 Å². The molecule has 0 spiro atoms. The van der Waals surface area contributed by atoms with Crippen molar-refractivity contribution in [3.63, 3.8) is 0 Å². The van der Waals surface area contributed by atoms with Gasteiger partial charge in [-0.2, -0.15) is 0 Å². The number of hydrogen-bond donors (Lipinski definition) is 1. The first-order valence-corrected chi connectivity index (χ1v) is 17.2. The molecular formula is C35H42N2O6S. The van der Waals surface area contributed by atoms with Crippen molar-refractivity contribution in [2.45, 2.75) is 56.5 Å². The second kappa shape index (κ2) is 13.2. The van der Waals surface area contributed by atoms with Crippen LogP contribution in [0.4, 0.5) is 5.69 Å². The number of rotatable bonds is 12. The van der Waals surface area contributed by atoms with Gasteiger partial charge in [-0.15, -0.1) is 0 Å². The summed E-state index contributed by atoms with van der Waals surface area (Å²) >= 11 is 0. The van der Waals surface area contributed by atoms with Gasteiger partial charge in [-0.1, -0.05) is 30.7 Å². The summed E-state index contributed by atoms with van der Waals surface area (Å²) in [5, 5.41) is 9.19. The van der Waals surface area contributed by atoms with E-state index in [1.165, 1.54) is 36.7 Å². The molecule has 0 unspecified atom stereocenters. The zero-order valence-corrected chi connectivity index (χ0v) is 26.3. The van der Waals surface area contributed by atoms with Crippen LogP contribution in [0.25, 0.3) is 11.1 Å². The minimum Gasteiger partial charge on any atom is -0.508 e. The molecule has 2 bridgehead atoms. The number of anilines is 1. The first kappa shape index (κ1) is 30.5. The van der Waals surface area contributed by atoms with E-state index in [0.717, 1.165) is 41.0 Å². The number of benzene rings is 3. The molecule has 8 nitrogen and oxygen atoms in total. The van der Waals surface area contributed by atoms with E-state index in [9.17, 15) is 13.5 Å². The molecule has 9 heteroatoms. The predicted molar refractivity (Wildman–Crippen MR) is 174 cm³/mol. The minimum atomic E-state index is -3.78. The SMILES string of the molecule is CCN(c1ccc(OC)cc1)S(=O)(=O)[C@@H]1C[C@@H]2O[C@H]1C(c1ccc(OCCCN3CCCCC3)cc1)=C2c1ccc(O)cc1. The number of ether oxygens (including phenoxy) is 3. The summed E-state index contributed by atoms with van der Waals surface area (Å²) in [7, 11) is -2.19. The predicted octanol–water partition coefficient (Wildman–Crippen LogP) is 5.96. The van der Waals surface area contributed by atoms with Crippen LogP contribution in [0.5, 0.6) is 17.2 Å². The fourth-order valence-electron chi connectivity index (χ4n) is 6.81. The third kappa shape index (κ3) is 6.18. The van der Waals surface area contributed by atoms with Crippen molar-refractivity contribution < 1.29 is 27.7 Å². The van der Waals surface area contributed by atoms with Crippen LogP contribution in [0, 0.1) is 0 Å². The summed E-state index contributed by atoms with van der Waals surface area (Å²) in [6.07, 6.45) is 4.25. The summed E-state index contributed by atoms with van der Waals surface area (Å²) < 4.78 is 47.7. The molecule has 3 aliphatic rings. The number of methoxy groups -OCH3 is 1. The number of hydrogen-bond acceptors (Lipinski definition) is 7. The maximum Gasteiger partial charge on any atom is 0.241 e. The van der Waals surface area contributed by atoms with Crippen LogP contribution in [0.15, 0.2) is 72.8 Å². The van der Waals surface area contributed by atoms with E-state index in [-0.39, 0.29) is 11.9 Å². The number of piperidine rings is 1. The molecule has 44 heavy (non-hydrogen) atoms. The summed E-state index contributed by atoms with van der Waals surface area (Å²) in [5.41, 5.74) is 4.28. The molecule has 2 fully saturated rings. The third-order valence-electron chi connectivity index (χ3n) is 9.01. The second-order valence-electron chi connectivity index (χ2n) is 11.7. The average Bonchev–Trinajstić information content (AvgIpc) is 3.65. The summed E-state index contributed by atoms with van der Waals surface area (Å²) in [6.45, 7) is 6.23. The highest BCUT2D eigenvalue weighted by molar-refractivity contribution is 7.93. The second-order valence-corrected chi connectivity index (χ2v) is 13.8. The van der Waals surface area contributed by atoms with Crippen molar-refractivity contribution >= 4 is 26.9 Å². The van der Waals surface area contributed by atoms with Crippen LogP contribution in [0.2, 0.25) is 0 Å². The van der Waals surface area contributed by atoms with Crippen molar-refractivity contribution in [2.24, 2.45) is 0 Å². The van der Waals surface area contributed by atoms with Crippen molar-refractivity contribution in [3.8, 4) is 17.2 Å². The van der Waals surface area contributed by atoms with Crippen LogP contribution < -0.4 is 13.8 Å². The lowest BCUT2D eigenvalue weighted by Crippen LogP contribution is -2.43. The van der Waals surface area contributed by atoms with Gasteiger partial charge in [0.2, 0.25) is 10.0 Å². The first-order chi connectivity index (χ1) is 21.4. The van der Waals surface area contributed by atoms with Gasteiger partial charge in [0.1, 0.15) is 28.6 Å². The molecule has 3 aromatic rings. The van der Waals surface area contributed by atoms with Gasteiger partial charge in [-0.25, -0.2) is 8.42 Å². The Morgan fingerprint density at radius 2 is 1.52 bits per heavy atom. The van der Waals surface area contributed by atoms with Crippen molar-refractivity contribution in [1.82, 2.24) is 4.90 Å². The molecule has 3 heterocycles. The highest BCUT2D eigenvalue weighted by Gasteiger charge is 2.54. The Kier molecular flexibility index (Phi) is 9.16. The van der Waals surface area contributed by atoms with Gasteiger partial charge < -0.3 is 24.2 Å². The van der Waals surface area contributed by atoms with Crippen LogP contribution in [-0.2, 0) is 14.8 Å².